The molecule has 0 aromatic carbocycles. The summed E-state index contributed by atoms with van der Waals surface area (Å²) in [4.78, 5) is 2.61. The van der Waals surface area contributed by atoms with Crippen LogP contribution in [-0.2, 0) is 10.8 Å². The minimum Gasteiger partial charge on any atom is -0.313 e. The van der Waals surface area contributed by atoms with Crippen LogP contribution in [0, 0.1) is 0 Å². The molecule has 2 aliphatic rings. The van der Waals surface area contributed by atoms with Crippen molar-refractivity contribution >= 4 is 10.8 Å². The smallest absolute Gasteiger partial charge is 0.0249 e. The number of hydrogen-bond acceptors (Lipinski definition) is 3. The molecular weight excluding hydrogens is 220 g/mol. The monoisotopic (exact) mass is 244 g/mol. The lowest BCUT2D eigenvalue weighted by Crippen LogP contribution is -2.41. The fraction of sp³-hybridized carbons (Fsp3) is 1.00. The van der Waals surface area contributed by atoms with Crippen LogP contribution in [0.15, 0.2) is 0 Å². The summed E-state index contributed by atoms with van der Waals surface area (Å²) in [5.41, 5.74) is 0. The van der Waals surface area contributed by atoms with E-state index in [2.05, 4.69) is 17.1 Å². The Hall–Kier alpha value is 0.0700. The standard InChI is InChI=1S/C12H24N2OS/c1-2-6-13-11-3-7-14(10-11)12-4-8-16(15)9-5-12/h11-13H,2-10H2,1H3. The van der Waals surface area contributed by atoms with Gasteiger partial charge in [0, 0.05) is 47.5 Å². The molecule has 2 fully saturated rings. The molecule has 0 spiro atoms. The van der Waals surface area contributed by atoms with Gasteiger partial charge in [0.1, 0.15) is 0 Å². The third-order valence-electron chi connectivity index (χ3n) is 3.78. The van der Waals surface area contributed by atoms with E-state index < -0.39 is 10.8 Å². The normalized spacial score (nSPS) is 36.7. The van der Waals surface area contributed by atoms with E-state index in [9.17, 15) is 4.21 Å². The van der Waals surface area contributed by atoms with Crippen LogP contribution >= 0.6 is 0 Å². The molecule has 2 saturated heterocycles. The Morgan fingerprint density at radius 2 is 2.06 bits per heavy atom. The number of rotatable bonds is 4. The first-order valence-corrected chi connectivity index (χ1v) is 8.11. The van der Waals surface area contributed by atoms with Gasteiger partial charge >= 0.3 is 0 Å². The highest BCUT2D eigenvalue weighted by Gasteiger charge is 2.29. The first kappa shape index (κ1) is 12.5. The lowest BCUT2D eigenvalue weighted by atomic mass is 10.1. The quantitative estimate of drug-likeness (QED) is 0.800. The molecule has 1 atom stereocenters. The lowest BCUT2D eigenvalue weighted by Gasteiger charge is -2.30. The molecule has 16 heavy (non-hydrogen) atoms. The highest BCUT2D eigenvalue weighted by Crippen LogP contribution is 2.21. The van der Waals surface area contributed by atoms with Crippen molar-refractivity contribution in [2.45, 2.75) is 44.7 Å². The fourth-order valence-corrected chi connectivity index (χ4v) is 4.05. The second-order valence-electron chi connectivity index (χ2n) is 5.01. The number of nitrogens with zero attached hydrogens (tertiary/aromatic N) is 1. The Morgan fingerprint density at radius 3 is 2.75 bits per heavy atom. The molecule has 0 bridgehead atoms. The maximum atomic E-state index is 11.3. The van der Waals surface area contributed by atoms with Gasteiger partial charge in [-0.25, -0.2) is 0 Å². The van der Waals surface area contributed by atoms with Gasteiger partial charge in [-0.2, -0.15) is 0 Å². The van der Waals surface area contributed by atoms with Crippen molar-refractivity contribution in [2.24, 2.45) is 0 Å². The second-order valence-corrected chi connectivity index (χ2v) is 6.71. The van der Waals surface area contributed by atoms with Crippen molar-refractivity contribution in [3.63, 3.8) is 0 Å². The zero-order valence-corrected chi connectivity index (χ0v) is 11.1. The van der Waals surface area contributed by atoms with Crippen LogP contribution < -0.4 is 5.32 Å². The molecule has 94 valence electrons. The maximum absolute atomic E-state index is 11.3. The predicted octanol–water partition coefficient (Wildman–Crippen LogP) is 0.971. The summed E-state index contributed by atoms with van der Waals surface area (Å²) in [7, 11) is -0.517. The van der Waals surface area contributed by atoms with Crippen LogP contribution in [0.1, 0.15) is 32.6 Å². The number of likely N-dealkylation sites (tertiary alicyclic amines) is 1. The van der Waals surface area contributed by atoms with Crippen molar-refractivity contribution in [3.05, 3.63) is 0 Å². The molecule has 0 aromatic heterocycles. The van der Waals surface area contributed by atoms with Crippen LogP contribution in [0.4, 0.5) is 0 Å². The van der Waals surface area contributed by atoms with Gasteiger partial charge in [-0.15, -0.1) is 0 Å². The van der Waals surface area contributed by atoms with Gasteiger partial charge in [0.25, 0.3) is 0 Å². The zero-order valence-electron chi connectivity index (χ0n) is 10.3. The van der Waals surface area contributed by atoms with Crippen molar-refractivity contribution in [1.82, 2.24) is 10.2 Å². The molecule has 0 aromatic rings. The topological polar surface area (TPSA) is 32.3 Å². The van der Waals surface area contributed by atoms with Crippen LogP contribution in [0.3, 0.4) is 0 Å². The first-order chi connectivity index (χ1) is 7.79. The third kappa shape index (κ3) is 3.28. The van der Waals surface area contributed by atoms with Gasteiger partial charge < -0.3 is 5.32 Å². The third-order valence-corrected chi connectivity index (χ3v) is 5.16. The Kier molecular flexibility index (Phi) is 4.79. The van der Waals surface area contributed by atoms with E-state index in [-0.39, 0.29) is 0 Å². The summed E-state index contributed by atoms with van der Waals surface area (Å²) in [6.07, 6.45) is 4.80. The second kappa shape index (κ2) is 6.12. The largest absolute Gasteiger partial charge is 0.313 e. The Balaban J connectivity index is 1.73. The van der Waals surface area contributed by atoms with E-state index >= 15 is 0 Å². The highest BCUT2D eigenvalue weighted by molar-refractivity contribution is 7.85. The van der Waals surface area contributed by atoms with E-state index in [0.717, 1.165) is 30.9 Å². The molecule has 3 nitrogen and oxygen atoms in total. The maximum Gasteiger partial charge on any atom is 0.0249 e. The predicted molar refractivity (Wildman–Crippen MR) is 69.2 cm³/mol. The lowest BCUT2D eigenvalue weighted by molar-refractivity contribution is 0.223. The summed E-state index contributed by atoms with van der Waals surface area (Å²) in [6, 6.07) is 1.42. The Labute approximate surface area is 101 Å². The van der Waals surface area contributed by atoms with Gasteiger partial charge in [0.2, 0.25) is 0 Å². The molecule has 4 heteroatoms. The van der Waals surface area contributed by atoms with Gasteiger partial charge in [0.15, 0.2) is 0 Å². The Bertz CT molecular complexity index is 237. The molecule has 0 radical (unpaired) electrons. The molecular formula is C12H24N2OS. The summed E-state index contributed by atoms with van der Waals surface area (Å²) in [5.74, 6) is 1.85. The molecule has 2 aliphatic heterocycles. The van der Waals surface area contributed by atoms with E-state index in [1.54, 1.807) is 0 Å². The summed E-state index contributed by atoms with van der Waals surface area (Å²) in [5, 5.41) is 3.61. The van der Waals surface area contributed by atoms with Crippen molar-refractivity contribution < 1.29 is 4.21 Å². The van der Waals surface area contributed by atoms with Crippen LogP contribution in [0.2, 0.25) is 0 Å². The summed E-state index contributed by atoms with van der Waals surface area (Å²) in [6.45, 7) is 5.80. The minimum atomic E-state index is -0.517. The zero-order chi connectivity index (χ0) is 11.4. The van der Waals surface area contributed by atoms with E-state index in [4.69, 9.17) is 0 Å². The van der Waals surface area contributed by atoms with E-state index in [0.29, 0.717) is 12.1 Å². The molecule has 1 unspecified atom stereocenters. The SMILES string of the molecule is CCCNC1CCN(C2CCS(=O)CC2)C1. The molecule has 2 rings (SSSR count). The number of hydrogen-bond donors (Lipinski definition) is 1. The van der Waals surface area contributed by atoms with E-state index in [1.807, 2.05) is 0 Å². The summed E-state index contributed by atoms with van der Waals surface area (Å²) >= 11 is 0. The van der Waals surface area contributed by atoms with Crippen molar-refractivity contribution in [3.8, 4) is 0 Å². The summed E-state index contributed by atoms with van der Waals surface area (Å²) < 4.78 is 11.3. The molecule has 2 heterocycles. The fourth-order valence-electron chi connectivity index (χ4n) is 2.78. The van der Waals surface area contributed by atoms with Crippen molar-refractivity contribution in [1.29, 1.82) is 0 Å². The Morgan fingerprint density at radius 1 is 1.31 bits per heavy atom. The molecule has 0 saturated carbocycles. The van der Waals surface area contributed by atoms with Crippen LogP contribution in [-0.4, -0.2) is 52.3 Å². The molecule has 0 amide bonds. The average Bonchev–Trinajstić information content (AvgIpc) is 2.76. The average molecular weight is 244 g/mol. The first-order valence-electron chi connectivity index (χ1n) is 6.62. The van der Waals surface area contributed by atoms with Crippen LogP contribution in [0.5, 0.6) is 0 Å². The minimum absolute atomic E-state index is 0.517. The van der Waals surface area contributed by atoms with Gasteiger partial charge in [-0.05, 0) is 32.2 Å². The van der Waals surface area contributed by atoms with Crippen molar-refractivity contribution in [2.75, 3.05) is 31.1 Å². The number of nitrogens with one attached hydrogen (secondary N) is 1. The van der Waals surface area contributed by atoms with Gasteiger partial charge in [-0.3, -0.25) is 9.11 Å². The highest BCUT2D eigenvalue weighted by atomic mass is 32.2. The molecule has 1 N–H and O–H groups in total. The van der Waals surface area contributed by atoms with Crippen LogP contribution in [0.25, 0.3) is 0 Å². The van der Waals surface area contributed by atoms with E-state index in [1.165, 1.54) is 25.9 Å². The van der Waals surface area contributed by atoms with Gasteiger partial charge in [0.05, 0.1) is 0 Å². The van der Waals surface area contributed by atoms with Gasteiger partial charge in [-0.1, -0.05) is 6.92 Å². The molecule has 0 aliphatic carbocycles.